The predicted molar refractivity (Wildman–Crippen MR) is 119 cm³/mol. The molecule has 12 heteroatoms. The molecule has 170 valence electrons. The zero-order valence-corrected chi connectivity index (χ0v) is 19.8. The first kappa shape index (κ1) is 23.8. The quantitative estimate of drug-likeness (QED) is 0.412. The van der Waals surface area contributed by atoms with Crippen LogP contribution in [0.15, 0.2) is 28.3 Å². The van der Waals surface area contributed by atoms with Crippen molar-refractivity contribution in [3.8, 4) is 5.75 Å². The SMILES string of the molecule is CCOc1ccc(Cl)cc1S(=O)(=O)N1CCC(C(=O)NCCSc2n[nH]c(C)n2)CC1. The maximum atomic E-state index is 13.1. The fourth-order valence-corrected chi connectivity index (χ4v) is 5.87. The summed E-state index contributed by atoms with van der Waals surface area (Å²) < 4.78 is 33.1. The molecule has 9 nitrogen and oxygen atoms in total. The predicted octanol–water partition coefficient (Wildman–Crippen LogP) is 2.47. The smallest absolute Gasteiger partial charge is 0.246 e. The number of rotatable bonds is 9. The van der Waals surface area contributed by atoms with Crippen molar-refractivity contribution in [3.05, 3.63) is 29.0 Å². The highest BCUT2D eigenvalue weighted by Crippen LogP contribution is 2.32. The molecule has 0 spiro atoms. The molecule has 0 aliphatic carbocycles. The Morgan fingerprint density at radius 2 is 2.13 bits per heavy atom. The molecule has 0 bridgehead atoms. The van der Waals surface area contributed by atoms with Crippen LogP contribution in [0.4, 0.5) is 0 Å². The van der Waals surface area contributed by atoms with Crippen molar-refractivity contribution in [3.63, 3.8) is 0 Å². The maximum Gasteiger partial charge on any atom is 0.246 e. The molecule has 2 heterocycles. The zero-order chi connectivity index (χ0) is 22.4. The number of hydrogen-bond donors (Lipinski definition) is 2. The summed E-state index contributed by atoms with van der Waals surface area (Å²) in [5, 5.41) is 10.7. The van der Waals surface area contributed by atoms with E-state index in [1.807, 2.05) is 6.92 Å². The highest BCUT2D eigenvalue weighted by Gasteiger charge is 2.33. The molecule has 2 aromatic rings. The van der Waals surface area contributed by atoms with Gasteiger partial charge in [0.25, 0.3) is 0 Å². The minimum absolute atomic E-state index is 0.0541. The van der Waals surface area contributed by atoms with Crippen LogP contribution in [0.5, 0.6) is 5.75 Å². The first-order valence-corrected chi connectivity index (χ1v) is 12.8. The van der Waals surface area contributed by atoms with Gasteiger partial charge in [-0.2, -0.15) is 4.31 Å². The number of nitrogens with one attached hydrogen (secondary N) is 2. The Morgan fingerprint density at radius 3 is 2.77 bits per heavy atom. The Hall–Kier alpha value is -1.82. The van der Waals surface area contributed by atoms with Crippen LogP contribution in [-0.4, -0.2) is 65.8 Å². The third kappa shape index (κ3) is 6.12. The number of ether oxygens (including phenoxy) is 1. The molecule has 0 saturated carbocycles. The fourth-order valence-electron chi connectivity index (χ4n) is 3.30. The number of hydrogen-bond acceptors (Lipinski definition) is 7. The van der Waals surface area contributed by atoms with Crippen LogP contribution in [0.2, 0.25) is 5.02 Å². The van der Waals surface area contributed by atoms with Crippen LogP contribution in [0.25, 0.3) is 0 Å². The van der Waals surface area contributed by atoms with Crippen LogP contribution < -0.4 is 10.1 Å². The topological polar surface area (TPSA) is 117 Å². The molecule has 2 N–H and O–H groups in total. The van der Waals surface area contributed by atoms with Crippen molar-refractivity contribution in [2.24, 2.45) is 5.92 Å². The number of piperidine rings is 1. The second-order valence-electron chi connectivity index (χ2n) is 7.05. The van der Waals surface area contributed by atoms with Crippen molar-refractivity contribution < 1.29 is 17.9 Å². The van der Waals surface area contributed by atoms with Gasteiger partial charge in [0, 0.05) is 36.3 Å². The van der Waals surface area contributed by atoms with E-state index in [1.54, 1.807) is 19.1 Å². The Balaban J connectivity index is 1.51. The van der Waals surface area contributed by atoms with Gasteiger partial charge in [-0.05, 0) is 44.9 Å². The third-order valence-corrected chi connectivity index (χ3v) is 7.86. The van der Waals surface area contributed by atoms with E-state index in [2.05, 4.69) is 20.5 Å². The maximum absolute atomic E-state index is 13.1. The van der Waals surface area contributed by atoms with Crippen molar-refractivity contribution in [2.45, 2.75) is 36.7 Å². The molecule has 1 aliphatic rings. The average Bonchev–Trinajstić information content (AvgIpc) is 3.17. The molecule has 0 unspecified atom stereocenters. The van der Waals surface area contributed by atoms with Gasteiger partial charge in [0.05, 0.1) is 6.61 Å². The van der Waals surface area contributed by atoms with Gasteiger partial charge < -0.3 is 10.1 Å². The van der Waals surface area contributed by atoms with Crippen LogP contribution in [0.1, 0.15) is 25.6 Å². The largest absolute Gasteiger partial charge is 0.492 e. The molecular formula is C19H26ClN5O4S2. The number of H-pyrrole nitrogens is 1. The van der Waals surface area contributed by atoms with Gasteiger partial charge in [0.15, 0.2) is 0 Å². The van der Waals surface area contributed by atoms with Crippen molar-refractivity contribution in [1.82, 2.24) is 24.8 Å². The van der Waals surface area contributed by atoms with Crippen molar-refractivity contribution in [1.29, 1.82) is 0 Å². The number of halogens is 1. The van der Waals surface area contributed by atoms with Crippen molar-refractivity contribution in [2.75, 3.05) is 32.0 Å². The monoisotopic (exact) mass is 487 g/mol. The van der Waals surface area contributed by atoms with E-state index in [0.717, 1.165) is 5.82 Å². The summed E-state index contributed by atoms with van der Waals surface area (Å²) in [6, 6.07) is 4.58. The van der Waals surface area contributed by atoms with Crippen molar-refractivity contribution >= 4 is 39.3 Å². The second kappa shape index (κ2) is 10.7. The summed E-state index contributed by atoms with van der Waals surface area (Å²) in [7, 11) is -3.76. The minimum Gasteiger partial charge on any atom is -0.492 e. The van der Waals surface area contributed by atoms with Crippen LogP contribution in [0, 0.1) is 12.8 Å². The number of benzene rings is 1. The van der Waals surface area contributed by atoms with Gasteiger partial charge in [-0.3, -0.25) is 9.89 Å². The van der Waals surface area contributed by atoms with E-state index < -0.39 is 10.0 Å². The van der Waals surface area contributed by atoms with E-state index in [0.29, 0.717) is 41.9 Å². The Bertz CT molecular complexity index is 1010. The summed E-state index contributed by atoms with van der Waals surface area (Å²) in [4.78, 5) is 16.7. The van der Waals surface area contributed by atoms with Gasteiger partial charge in [-0.1, -0.05) is 23.4 Å². The molecule has 1 aliphatic heterocycles. The van der Waals surface area contributed by atoms with E-state index in [1.165, 1.54) is 22.1 Å². The molecule has 1 amide bonds. The number of thioether (sulfide) groups is 1. The van der Waals surface area contributed by atoms with Gasteiger partial charge >= 0.3 is 0 Å². The van der Waals surface area contributed by atoms with Crippen LogP contribution in [-0.2, 0) is 14.8 Å². The normalized spacial score (nSPS) is 15.7. The minimum atomic E-state index is -3.76. The molecule has 3 rings (SSSR count). The van der Waals surface area contributed by atoms with E-state index in [4.69, 9.17) is 16.3 Å². The third-order valence-electron chi connectivity index (χ3n) is 4.86. The average molecular weight is 488 g/mol. The lowest BCUT2D eigenvalue weighted by molar-refractivity contribution is -0.125. The van der Waals surface area contributed by atoms with Crippen LogP contribution >= 0.6 is 23.4 Å². The first-order chi connectivity index (χ1) is 14.8. The molecule has 1 saturated heterocycles. The number of carbonyl (C=O) groups is 1. The lowest BCUT2D eigenvalue weighted by Gasteiger charge is -2.31. The summed E-state index contributed by atoms with van der Waals surface area (Å²) >= 11 is 7.48. The van der Waals surface area contributed by atoms with E-state index in [9.17, 15) is 13.2 Å². The molecule has 1 aromatic heterocycles. The van der Waals surface area contributed by atoms with Gasteiger partial charge in [-0.15, -0.1) is 5.10 Å². The Morgan fingerprint density at radius 1 is 1.39 bits per heavy atom. The number of aryl methyl sites for hydroxylation is 1. The molecule has 31 heavy (non-hydrogen) atoms. The highest BCUT2D eigenvalue weighted by molar-refractivity contribution is 7.99. The lowest BCUT2D eigenvalue weighted by atomic mass is 9.97. The molecule has 1 aromatic carbocycles. The Kier molecular flexibility index (Phi) is 8.20. The molecule has 1 fully saturated rings. The zero-order valence-electron chi connectivity index (χ0n) is 17.4. The summed E-state index contributed by atoms with van der Waals surface area (Å²) in [5.74, 6) is 1.42. The number of amides is 1. The fraction of sp³-hybridized carbons (Fsp3) is 0.526. The molecular weight excluding hydrogens is 462 g/mol. The number of aromatic amines is 1. The summed E-state index contributed by atoms with van der Waals surface area (Å²) in [5.41, 5.74) is 0. The first-order valence-electron chi connectivity index (χ1n) is 10.0. The number of aromatic nitrogens is 3. The van der Waals surface area contributed by atoms with Gasteiger partial charge in [0.1, 0.15) is 16.5 Å². The number of nitrogens with zero attached hydrogens (tertiary/aromatic N) is 3. The van der Waals surface area contributed by atoms with Gasteiger partial charge in [0.2, 0.25) is 21.1 Å². The van der Waals surface area contributed by atoms with E-state index >= 15 is 0 Å². The van der Waals surface area contributed by atoms with Crippen LogP contribution in [0.3, 0.4) is 0 Å². The standard InChI is InChI=1S/C19H26ClN5O4S2/c1-3-29-16-5-4-15(20)12-17(16)31(27,28)25-9-6-14(7-10-25)18(26)21-8-11-30-19-22-13(2)23-24-19/h4-5,12,14H,3,6-11H2,1-2H3,(H,21,26)(H,22,23,24). The summed E-state index contributed by atoms with van der Waals surface area (Å²) in [6.45, 7) is 5.00. The van der Waals surface area contributed by atoms with E-state index in [-0.39, 0.29) is 35.6 Å². The van der Waals surface area contributed by atoms with Gasteiger partial charge in [-0.25, -0.2) is 13.4 Å². The Labute approximate surface area is 191 Å². The summed E-state index contributed by atoms with van der Waals surface area (Å²) in [6.07, 6.45) is 0.922. The number of carbonyl (C=O) groups excluding carboxylic acids is 1. The molecule has 0 radical (unpaired) electrons. The highest BCUT2D eigenvalue weighted by atomic mass is 35.5. The number of sulfonamides is 1. The second-order valence-corrected chi connectivity index (χ2v) is 10.5. The lowest BCUT2D eigenvalue weighted by Crippen LogP contribution is -2.43. The molecule has 0 atom stereocenters.